The van der Waals surface area contributed by atoms with Gasteiger partial charge in [0.05, 0.1) is 12.5 Å². The van der Waals surface area contributed by atoms with Crippen molar-refractivity contribution >= 4 is 11.9 Å². The molecular formula is C15H27NNaO5+. The summed E-state index contributed by atoms with van der Waals surface area (Å²) in [5.41, 5.74) is 0. The summed E-state index contributed by atoms with van der Waals surface area (Å²) in [6.45, 7) is 4.54. The van der Waals surface area contributed by atoms with E-state index in [1.54, 1.807) is 0 Å². The zero-order valence-electron chi connectivity index (χ0n) is 14.1. The van der Waals surface area contributed by atoms with Gasteiger partial charge < -0.3 is 20.1 Å². The molecule has 0 aromatic rings. The van der Waals surface area contributed by atoms with Crippen LogP contribution in [0, 0.1) is 0 Å². The van der Waals surface area contributed by atoms with Crippen molar-refractivity contribution < 1.29 is 58.9 Å². The number of unbranched alkanes of at least 4 members (excludes halogenated alkanes) is 3. The van der Waals surface area contributed by atoms with Crippen LogP contribution in [0.3, 0.4) is 0 Å². The predicted molar refractivity (Wildman–Crippen MR) is 77.1 cm³/mol. The van der Waals surface area contributed by atoms with Gasteiger partial charge in [-0.05, 0) is 46.5 Å². The Kier molecular flexibility index (Phi) is 13.1. The van der Waals surface area contributed by atoms with Crippen LogP contribution in [0.4, 0.5) is 0 Å². The van der Waals surface area contributed by atoms with Crippen LogP contribution in [0.25, 0.3) is 0 Å². The molecule has 0 heterocycles. The fourth-order valence-electron chi connectivity index (χ4n) is 2.48. The molecule has 0 aromatic carbocycles. The molecule has 0 rings (SSSR count). The van der Waals surface area contributed by atoms with Crippen LogP contribution in [0.2, 0.25) is 0 Å². The first-order valence-corrected chi connectivity index (χ1v) is 7.35. The van der Waals surface area contributed by atoms with Gasteiger partial charge in [-0.15, -0.1) is 0 Å². The SMILES string of the molecule is C/C=C/CCCCC[N+](CO)(C(C)C(=O)[O-])C(C)C(=O)O.[Na+]. The number of allylic oxidation sites excluding steroid dienone is 2. The number of rotatable bonds is 11. The molecule has 0 radical (unpaired) electrons. The van der Waals surface area contributed by atoms with E-state index in [0.29, 0.717) is 13.0 Å². The van der Waals surface area contributed by atoms with Gasteiger partial charge in [0.1, 0.15) is 6.04 Å². The average Bonchev–Trinajstić information content (AvgIpc) is 2.45. The zero-order valence-corrected chi connectivity index (χ0v) is 16.1. The van der Waals surface area contributed by atoms with E-state index in [0.717, 1.165) is 19.3 Å². The Morgan fingerprint density at radius 2 is 1.77 bits per heavy atom. The predicted octanol–water partition coefficient (Wildman–Crippen LogP) is -2.49. The van der Waals surface area contributed by atoms with Gasteiger partial charge in [0.25, 0.3) is 0 Å². The quantitative estimate of drug-likeness (QED) is 0.144. The van der Waals surface area contributed by atoms with Crippen molar-refractivity contribution in [3.05, 3.63) is 12.2 Å². The number of aliphatic carboxylic acids is 2. The van der Waals surface area contributed by atoms with Crippen molar-refractivity contribution in [2.75, 3.05) is 13.3 Å². The maximum Gasteiger partial charge on any atom is 1.00 e. The maximum atomic E-state index is 11.3. The molecule has 122 valence electrons. The normalized spacial score (nSPS) is 16.5. The molecule has 0 aliphatic carbocycles. The third-order valence-electron chi connectivity index (χ3n) is 4.19. The van der Waals surface area contributed by atoms with Gasteiger partial charge >= 0.3 is 35.5 Å². The summed E-state index contributed by atoms with van der Waals surface area (Å²) in [6, 6.07) is -2.07. The monoisotopic (exact) mass is 324 g/mol. The number of nitrogens with zero attached hydrogens (tertiary/aromatic N) is 1. The second-order valence-corrected chi connectivity index (χ2v) is 5.40. The Morgan fingerprint density at radius 3 is 2.18 bits per heavy atom. The molecule has 0 aliphatic rings. The van der Waals surface area contributed by atoms with E-state index < -0.39 is 35.2 Å². The van der Waals surface area contributed by atoms with Crippen LogP contribution in [-0.2, 0) is 9.59 Å². The Hall–Kier alpha value is -0.400. The Labute approximate surface area is 154 Å². The van der Waals surface area contributed by atoms with Crippen LogP contribution in [0.15, 0.2) is 12.2 Å². The minimum absolute atomic E-state index is 0. The fourth-order valence-corrected chi connectivity index (χ4v) is 2.48. The summed E-state index contributed by atoms with van der Waals surface area (Å²) in [5, 5.41) is 30.0. The largest absolute Gasteiger partial charge is 1.00 e. The number of aliphatic hydroxyl groups excluding tert-OH is 1. The van der Waals surface area contributed by atoms with Gasteiger partial charge in [0.2, 0.25) is 0 Å². The number of aliphatic hydroxyl groups is 1. The molecule has 22 heavy (non-hydrogen) atoms. The molecule has 0 bridgehead atoms. The van der Waals surface area contributed by atoms with Crippen molar-refractivity contribution in [3.8, 4) is 0 Å². The van der Waals surface area contributed by atoms with E-state index in [1.807, 2.05) is 13.0 Å². The summed E-state index contributed by atoms with van der Waals surface area (Å²) in [6.07, 6.45) is 7.44. The van der Waals surface area contributed by atoms with Crippen LogP contribution >= 0.6 is 0 Å². The van der Waals surface area contributed by atoms with Crippen molar-refractivity contribution in [1.29, 1.82) is 0 Å². The molecular weight excluding hydrogens is 297 g/mol. The molecule has 6 nitrogen and oxygen atoms in total. The first-order valence-electron chi connectivity index (χ1n) is 7.35. The van der Waals surface area contributed by atoms with Crippen molar-refractivity contribution in [2.45, 2.75) is 58.5 Å². The minimum atomic E-state index is -1.34. The third-order valence-corrected chi connectivity index (χ3v) is 4.19. The van der Waals surface area contributed by atoms with Gasteiger partial charge in [-0.1, -0.05) is 12.2 Å². The molecule has 0 fully saturated rings. The molecule has 0 aromatic heterocycles. The number of carboxylic acids is 2. The molecule has 0 saturated carbocycles. The topological polar surface area (TPSA) is 97.7 Å². The molecule has 0 amide bonds. The average molecular weight is 324 g/mol. The third kappa shape index (κ3) is 6.79. The Bertz CT molecular complexity index is 353. The smallest absolute Gasteiger partial charge is 0.544 e. The molecule has 3 unspecified atom stereocenters. The van der Waals surface area contributed by atoms with Gasteiger partial charge in [-0.2, -0.15) is 0 Å². The summed E-state index contributed by atoms with van der Waals surface area (Å²) in [4.78, 5) is 22.4. The molecule has 2 N–H and O–H groups in total. The second-order valence-electron chi connectivity index (χ2n) is 5.40. The van der Waals surface area contributed by atoms with E-state index in [4.69, 9.17) is 0 Å². The van der Waals surface area contributed by atoms with E-state index >= 15 is 0 Å². The van der Waals surface area contributed by atoms with E-state index in [1.165, 1.54) is 13.8 Å². The molecule has 7 heteroatoms. The molecule has 0 spiro atoms. The molecule has 0 aliphatic heterocycles. The fraction of sp³-hybridized carbons (Fsp3) is 0.733. The molecule has 3 atom stereocenters. The van der Waals surface area contributed by atoms with E-state index in [-0.39, 0.29) is 29.6 Å². The van der Waals surface area contributed by atoms with Crippen LogP contribution < -0.4 is 34.7 Å². The van der Waals surface area contributed by atoms with Gasteiger partial charge in [0.15, 0.2) is 12.8 Å². The van der Waals surface area contributed by atoms with Crippen molar-refractivity contribution in [1.82, 2.24) is 0 Å². The number of quaternary nitrogens is 1. The number of carbonyl (C=O) groups excluding carboxylic acids is 1. The van der Waals surface area contributed by atoms with Crippen LogP contribution in [-0.4, -0.2) is 52.0 Å². The van der Waals surface area contributed by atoms with Gasteiger partial charge in [0, 0.05) is 0 Å². The summed E-state index contributed by atoms with van der Waals surface area (Å²) < 4.78 is -0.402. The summed E-state index contributed by atoms with van der Waals surface area (Å²) >= 11 is 0. The number of carboxylic acid groups (broad SMARTS) is 2. The number of hydrogen-bond donors (Lipinski definition) is 2. The minimum Gasteiger partial charge on any atom is -0.544 e. The van der Waals surface area contributed by atoms with Gasteiger partial charge in [-0.25, -0.2) is 4.79 Å². The van der Waals surface area contributed by atoms with Crippen LogP contribution in [0.1, 0.15) is 46.5 Å². The first kappa shape index (κ1) is 23.9. The first-order chi connectivity index (χ1) is 9.83. The second kappa shape index (κ2) is 12.1. The van der Waals surface area contributed by atoms with Crippen molar-refractivity contribution in [3.63, 3.8) is 0 Å². The van der Waals surface area contributed by atoms with E-state index in [2.05, 4.69) is 6.08 Å². The molecule has 0 saturated heterocycles. The number of hydrogen-bond acceptors (Lipinski definition) is 4. The zero-order chi connectivity index (χ0) is 16.5. The summed E-state index contributed by atoms with van der Waals surface area (Å²) in [7, 11) is 0. The number of carbonyl (C=O) groups is 2. The van der Waals surface area contributed by atoms with E-state index in [9.17, 15) is 24.9 Å². The standard InChI is InChI=1S/C15H27NO5.Na/c1-4-5-6-7-8-9-10-16(11-17,12(2)14(18)19)13(3)15(20)21;/h4-5,12-13,17H,6-11H2,1-3H3,(H-,18,19,20,21);/q;+1/b5-4+;. The van der Waals surface area contributed by atoms with Crippen molar-refractivity contribution in [2.24, 2.45) is 0 Å². The Balaban J connectivity index is 0. The van der Waals surface area contributed by atoms with Gasteiger partial charge in [-0.3, -0.25) is 4.48 Å². The Morgan fingerprint density at radius 1 is 1.18 bits per heavy atom. The summed E-state index contributed by atoms with van der Waals surface area (Å²) in [5.74, 6) is -2.46. The maximum absolute atomic E-state index is 11.3. The van der Waals surface area contributed by atoms with Crippen LogP contribution in [0.5, 0.6) is 0 Å².